The Labute approximate surface area is 170 Å². The maximum Gasteiger partial charge on any atom is 0.273 e. The maximum atomic E-state index is 12.6. The van der Waals surface area contributed by atoms with Crippen LogP contribution in [0.25, 0.3) is 5.69 Å². The van der Waals surface area contributed by atoms with E-state index in [0.29, 0.717) is 34.8 Å². The number of nitrogens with zero attached hydrogens (tertiary/aromatic N) is 5. The molecule has 1 amide bonds. The first kappa shape index (κ1) is 19.5. The zero-order chi connectivity index (χ0) is 19.2. The Bertz CT molecular complexity index is 898. The van der Waals surface area contributed by atoms with E-state index in [9.17, 15) is 4.79 Å². The standard InChI is InChI=1S/C18H19BrN6OS/c1-12(2)10-22-17(26)16-15(11-27-18-20-8-3-9-21-18)25(24-23-16)14-6-4-13(19)5-7-14/h3-9,12H,10-11H2,1-2H3,(H,22,26). The van der Waals surface area contributed by atoms with Crippen LogP contribution < -0.4 is 5.32 Å². The molecule has 0 atom stereocenters. The molecule has 9 heteroatoms. The van der Waals surface area contributed by atoms with Crippen LogP contribution in [0.1, 0.15) is 30.0 Å². The summed E-state index contributed by atoms with van der Waals surface area (Å²) in [4.78, 5) is 21.0. The van der Waals surface area contributed by atoms with Crippen LogP contribution in [-0.4, -0.2) is 37.4 Å². The average Bonchev–Trinajstić information content (AvgIpc) is 3.10. The number of halogens is 1. The molecule has 0 saturated heterocycles. The fraction of sp³-hybridized carbons (Fsp3) is 0.278. The number of nitrogens with one attached hydrogen (secondary N) is 1. The SMILES string of the molecule is CC(C)CNC(=O)c1nnn(-c2ccc(Br)cc2)c1CSc1ncccn1. The molecule has 3 rings (SSSR count). The molecule has 0 aliphatic rings. The molecule has 0 spiro atoms. The third-order valence-corrected chi connectivity index (χ3v) is 5.02. The van der Waals surface area contributed by atoms with Crippen molar-refractivity contribution in [2.75, 3.05) is 6.54 Å². The minimum Gasteiger partial charge on any atom is -0.350 e. The molecule has 1 N–H and O–H groups in total. The molecule has 7 nitrogen and oxygen atoms in total. The minimum atomic E-state index is -0.225. The molecule has 140 valence electrons. The third-order valence-electron chi connectivity index (χ3n) is 3.60. The molecular formula is C18H19BrN6OS. The highest BCUT2D eigenvalue weighted by Crippen LogP contribution is 2.23. The van der Waals surface area contributed by atoms with Crippen molar-refractivity contribution in [1.82, 2.24) is 30.3 Å². The van der Waals surface area contributed by atoms with Gasteiger partial charge in [0.2, 0.25) is 0 Å². The van der Waals surface area contributed by atoms with E-state index < -0.39 is 0 Å². The van der Waals surface area contributed by atoms with Crippen molar-refractivity contribution in [3.8, 4) is 5.69 Å². The first-order valence-electron chi connectivity index (χ1n) is 8.43. The molecule has 0 bridgehead atoms. The van der Waals surface area contributed by atoms with Crippen LogP contribution in [-0.2, 0) is 5.75 Å². The summed E-state index contributed by atoms with van der Waals surface area (Å²) in [5, 5.41) is 11.9. The molecular weight excluding hydrogens is 428 g/mol. The molecule has 3 aromatic rings. The van der Waals surface area contributed by atoms with Gasteiger partial charge in [-0.25, -0.2) is 14.6 Å². The van der Waals surface area contributed by atoms with E-state index in [2.05, 4.69) is 41.5 Å². The zero-order valence-corrected chi connectivity index (χ0v) is 17.4. The van der Waals surface area contributed by atoms with Crippen LogP contribution >= 0.6 is 27.7 Å². The third kappa shape index (κ3) is 5.14. The molecule has 0 aliphatic heterocycles. The molecule has 2 aromatic heterocycles. The highest BCUT2D eigenvalue weighted by molar-refractivity contribution is 9.10. The van der Waals surface area contributed by atoms with Crippen LogP contribution in [0.5, 0.6) is 0 Å². The van der Waals surface area contributed by atoms with Gasteiger partial charge in [0, 0.05) is 29.2 Å². The maximum absolute atomic E-state index is 12.6. The van der Waals surface area contributed by atoms with Crippen molar-refractivity contribution >= 4 is 33.6 Å². The molecule has 0 aliphatic carbocycles. The lowest BCUT2D eigenvalue weighted by molar-refractivity contribution is 0.0943. The van der Waals surface area contributed by atoms with Crippen LogP contribution in [0.4, 0.5) is 0 Å². The van der Waals surface area contributed by atoms with Gasteiger partial charge in [0.15, 0.2) is 10.9 Å². The van der Waals surface area contributed by atoms with E-state index in [1.54, 1.807) is 23.1 Å². The van der Waals surface area contributed by atoms with Crippen molar-refractivity contribution in [1.29, 1.82) is 0 Å². The Kier molecular flexibility index (Phi) is 6.57. The van der Waals surface area contributed by atoms with Crippen LogP contribution in [0.3, 0.4) is 0 Å². The quantitative estimate of drug-likeness (QED) is 0.441. The molecule has 1 aromatic carbocycles. The summed E-state index contributed by atoms with van der Waals surface area (Å²) in [7, 11) is 0. The normalized spacial score (nSPS) is 11.0. The van der Waals surface area contributed by atoms with Crippen LogP contribution in [0.2, 0.25) is 0 Å². The first-order chi connectivity index (χ1) is 13.0. The second-order valence-corrected chi connectivity index (χ2v) is 8.06. The van der Waals surface area contributed by atoms with Crippen LogP contribution in [0.15, 0.2) is 52.4 Å². The number of carbonyl (C=O) groups is 1. The Balaban J connectivity index is 1.90. The molecule has 27 heavy (non-hydrogen) atoms. The highest BCUT2D eigenvalue weighted by Gasteiger charge is 2.21. The van der Waals surface area contributed by atoms with Gasteiger partial charge < -0.3 is 5.32 Å². The zero-order valence-electron chi connectivity index (χ0n) is 15.0. The molecule has 0 fully saturated rings. The van der Waals surface area contributed by atoms with E-state index in [1.165, 1.54) is 11.8 Å². The Morgan fingerprint density at radius 3 is 2.59 bits per heavy atom. The van der Waals surface area contributed by atoms with E-state index in [-0.39, 0.29) is 5.91 Å². The fourth-order valence-electron chi connectivity index (χ4n) is 2.27. The Hall–Kier alpha value is -2.26. The lowest BCUT2D eigenvalue weighted by Crippen LogP contribution is -2.28. The summed E-state index contributed by atoms with van der Waals surface area (Å²) in [5.74, 6) is 0.597. The summed E-state index contributed by atoms with van der Waals surface area (Å²) in [5.41, 5.74) is 1.86. The smallest absolute Gasteiger partial charge is 0.273 e. The topological polar surface area (TPSA) is 85.6 Å². The van der Waals surface area contributed by atoms with Crippen LogP contribution in [0, 0.1) is 5.92 Å². The van der Waals surface area contributed by atoms with Crippen molar-refractivity contribution in [3.63, 3.8) is 0 Å². The second-order valence-electron chi connectivity index (χ2n) is 6.20. The number of amides is 1. The first-order valence-corrected chi connectivity index (χ1v) is 10.2. The summed E-state index contributed by atoms with van der Waals surface area (Å²) in [6.07, 6.45) is 3.38. The van der Waals surface area contributed by atoms with Gasteiger partial charge in [-0.05, 0) is 36.2 Å². The van der Waals surface area contributed by atoms with E-state index >= 15 is 0 Å². The van der Waals surface area contributed by atoms with Gasteiger partial charge in [-0.1, -0.05) is 46.8 Å². The molecule has 2 heterocycles. The predicted octanol–water partition coefficient (Wildman–Crippen LogP) is 3.50. The number of hydrogen-bond donors (Lipinski definition) is 1. The average molecular weight is 447 g/mol. The number of thioether (sulfide) groups is 1. The number of carbonyl (C=O) groups excluding carboxylic acids is 1. The predicted molar refractivity (Wildman–Crippen MR) is 108 cm³/mol. The number of hydrogen-bond acceptors (Lipinski definition) is 6. The number of aromatic nitrogens is 5. The summed E-state index contributed by atoms with van der Waals surface area (Å²) >= 11 is 4.86. The van der Waals surface area contributed by atoms with Gasteiger partial charge in [-0.15, -0.1) is 5.10 Å². The van der Waals surface area contributed by atoms with Crippen molar-refractivity contribution in [2.45, 2.75) is 24.8 Å². The van der Waals surface area contributed by atoms with Gasteiger partial charge in [0.1, 0.15) is 0 Å². The molecule has 0 radical (unpaired) electrons. The van der Waals surface area contributed by atoms with Gasteiger partial charge in [0.05, 0.1) is 11.4 Å². The van der Waals surface area contributed by atoms with Gasteiger partial charge in [-0.2, -0.15) is 0 Å². The highest BCUT2D eigenvalue weighted by atomic mass is 79.9. The number of rotatable bonds is 7. The van der Waals surface area contributed by atoms with Gasteiger partial charge in [0.25, 0.3) is 5.91 Å². The lowest BCUT2D eigenvalue weighted by atomic mass is 10.2. The van der Waals surface area contributed by atoms with Gasteiger partial charge in [-0.3, -0.25) is 4.79 Å². The Morgan fingerprint density at radius 2 is 1.93 bits per heavy atom. The molecule has 0 saturated carbocycles. The monoisotopic (exact) mass is 446 g/mol. The van der Waals surface area contributed by atoms with Gasteiger partial charge >= 0.3 is 0 Å². The minimum absolute atomic E-state index is 0.225. The Morgan fingerprint density at radius 1 is 1.22 bits per heavy atom. The molecule has 0 unspecified atom stereocenters. The van der Waals surface area contributed by atoms with Crippen molar-refractivity contribution in [2.24, 2.45) is 5.92 Å². The van der Waals surface area contributed by atoms with E-state index in [0.717, 1.165) is 10.2 Å². The second kappa shape index (κ2) is 9.09. The van der Waals surface area contributed by atoms with Crippen molar-refractivity contribution in [3.05, 3.63) is 58.6 Å². The van der Waals surface area contributed by atoms with E-state index in [1.807, 2.05) is 38.1 Å². The van der Waals surface area contributed by atoms with Crippen molar-refractivity contribution < 1.29 is 4.79 Å². The fourth-order valence-corrected chi connectivity index (χ4v) is 3.33. The largest absolute Gasteiger partial charge is 0.350 e. The summed E-state index contributed by atoms with van der Waals surface area (Å²) in [6.45, 7) is 4.67. The lowest BCUT2D eigenvalue weighted by Gasteiger charge is -2.09. The summed E-state index contributed by atoms with van der Waals surface area (Å²) in [6, 6.07) is 9.45. The summed E-state index contributed by atoms with van der Waals surface area (Å²) < 4.78 is 2.65. The number of benzene rings is 1. The van der Waals surface area contributed by atoms with E-state index in [4.69, 9.17) is 0 Å².